The maximum absolute atomic E-state index is 12.5. The van der Waals surface area contributed by atoms with Crippen LogP contribution in [0, 0.1) is 0 Å². The Bertz CT molecular complexity index is 655. The van der Waals surface area contributed by atoms with E-state index in [1.165, 1.54) is 0 Å². The highest BCUT2D eigenvalue weighted by atomic mass is 32.2. The quantitative estimate of drug-likeness (QED) is 0.759. The van der Waals surface area contributed by atoms with Crippen LogP contribution in [0.2, 0.25) is 0 Å². The van der Waals surface area contributed by atoms with E-state index < -0.39 is 0 Å². The number of amides is 1. The average Bonchev–Trinajstić information content (AvgIpc) is 2.53. The second kappa shape index (κ2) is 8.63. The summed E-state index contributed by atoms with van der Waals surface area (Å²) in [7, 11) is 0. The van der Waals surface area contributed by atoms with Gasteiger partial charge in [-0.05, 0) is 36.8 Å². The molecule has 122 valence electrons. The molecule has 0 aliphatic rings. The van der Waals surface area contributed by atoms with Crippen LogP contribution in [0.4, 0.5) is 0 Å². The Morgan fingerprint density at radius 3 is 2.70 bits per heavy atom. The number of hydrogen-bond acceptors (Lipinski definition) is 3. The molecule has 0 saturated heterocycles. The van der Waals surface area contributed by atoms with Gasteiger partial charge in [0.05, 0.1) is 12.2 Å². The number of ether oxygens (including phenoxy) is 1. The van der Waals surface area contributed by atoms with Crippen molar-refractivity contribution in [2.75, 3.05) is 6.61 Å². The summed E-state index contributed by atoms with van der Waals surface area (Å²) in [4.78, 5) is 13.5. The first-order valence-corrected chi connectivity index (χ1v) is 8.73. The maximum Gasteiger partial charge on any atom is 0.252 e. The van der Waals surface area contributed by atoms with Crippen molar-refractivity contribution in [3.8, 4) is 5.75 Å². The standard InChI is InChI=1S/C19H23NO2S/c1-4-22-16-9-7-8-15(12-16)13-20-19(21)17-10-5-6-11-18(17)23-14(2)3/h5-12,14H,4,13H2,1-3H3,(H,20,21). The fourth-order valence-electron chi connectivity index (χ4n) is 2.20. The molecule has 0 unspecified atom stereocenters. The first-order chi connectivity index (χ1) is 11.1. The zero-order valence-corrected chi connectivity index (χ0v) is 14.7. The van der Waals surface area contributed by atoms with Crippen molar-refractivity contribution in [2.24, 2.45) is 0 Å². The molecular formula is C19H23NO2S. The third-order valence-corrected chi connectivity index (χ3v) is 4.24. The summed E-state index contributed by atoms with van der Waals surface area (Å²) in [5.41, 5.74) is 1.76. The molecule has 3 nitrogen and oxygen atoms in total. The Morgan fingerprint density at radius 2 is 1.96 bits per heavy atom. The van der Waals surface area contributed by atoms with Crippen LogP contribution >= 0.6 is 11.8 Å². The van der Waals surface area contributed by atoms with Gasteiger partial charge >= 0.3 is 0 Å². The molecule has 0 aliphatic heterocycles. The highest BCUT2D eigenvalue weighted by Crippen LogP contribution is 2.26. The van der Waals surface area contributed by atoms with Crippen LogP contribution in [0.25, 0.3) is 0 Å². The molecule has 0 aliphatic carbocycles. The highest BCUT2D eigenvalue weighted by molar-refractivity contribution is 8.00. The molecule has 2 aromatic carbocycles. The largest absolute Gasteiger partial charge is 0.494 e. The van der Waals surface area contributed by atoms with Crippen LogP contribution in [-0.4, -0.2) is 17.8 Å². The smallest absolute Gasteiger partial charge is 0.252 e. The van der Waals surface area contributed by atoms with Crippen LogP contribution in [0.5, 0.6) is 5.75 Å². The molecule has 0 atom stereocenters. The molecule has 2 aromatic rings. The third kappa shape index (κ3) is 5.32. The SMILES string of the molecule is CCOc1cccc(CNC(=O)c2ccccc2SC(C)C)c1. The fourth-order valence-corrected chi connectivity index (χ4v) is 3.15. The average molecular weight is 329 g/mol. The van der Waals surface area contributed by atoms with E-state index in [0.717, 1.165) is 21.8 Å². The van der Waals surface area contributed by atoms with Gasteiger partial charge in [-0.2, -0.15) is 0 Å². The molecular weight excluding hydrogens is 306 g/mol. The van der Waals surface area contributed by atoms with Crippen molar-refractivity contribution < 1.29 is 9.53 Å². The van der Waals surface area contributed by atoms with Crippen molar-refractivity contribution >= 4 is 17.7 Å². The van der Waals surface area contributed by atoms with Gasteiger partial charge in [0.25, 0.3) is 5.91 Å². The van der Waals surface area contributed by atoms with Crippen molar-refractivity contribution in [1.82, 2.24) is 5.32 Å². The molecule has 1 amide bonds. The molecule has 1 N–H and O–H groups in total. The highest BCUT2D eigenvalue weighted by Gasteiger charge is 2.12. The van der Waals surface area contributed by atoms with Crippen molar-refractivity contribution in [3.63, 3.8) is 0 Å². The molecule has 0 fully saturated rings. The summed E-state index contributed by atoms with van der Waals surface area (Å²) < 4.78 is 5.48. The minimum atomic E-state index is -0.0458. The molecule has 4 heteroatoms. The minimum Gasteiger partial charge on any atom is -0.494 e. The molecule has 0 radical (unpaired) electrons. The second-order valence-electron chi connectivity index (χ2n) is 5.43. The van der Waals surface area contributed by atoms with Crippen LogP contribution in [0.1, 0.15) is 36.7 Å². The molecule has 0 heterocycles. The van der Waals surface area contributed by atoms with E-state index in [9.17, 15) is 4.79 Å². The number of carbonyl (C=O) groups excluding carboxylic acids is 1. The Labute approximate surface area is 142 Å². The second-order valence-corrected chi connectivity index (χ2v) is 7.04. The molecule has 0 saturated carbocycles. The number of carbonyl (C=O) groups is 1. The zero-order valence-electron chi connectivity index (χ0n) is 13.8. The number of rotatable bonds is 7. The first-order valence-electron chi connectivity index (χ1n) is 7.85. The summed E-state index contributed by atoms with van der Waals surface area (Å²) in [6.07, 6.45) is 0. The molecule has 0 aromatic heterocycles. The molecule has 0 bridgehead atoms. The van der Waals surface area contributed by atoms with Crippen molar-refractivity contribution in [1.29, 1.82) is 0 Å². The van der Waals surface area contributed by atoms with E-state index in [4.69, 9.17) is 4.74 Å². The van der Waals surface area contributed by atoms with Crippen molar-refractivity contribution in [2.45, 2.75) is 37.5 Å². The van der Waals surface area contributed by atoms with Crippen LogP contribution in [0.3, 0.4) is 0 Å². The molecule has 0 spiro atoms. The van der Waals surface area contributed by atoms with Gasteiger partial charge < -0.3 is 10.1 Å². The summed E-state index contributed by atoms with van der Waals surface area (Å²) in [5, 5.41) is 3.43. The monoisotopic (exact) mass is 329 g/mol. The number of thioether (sulfide) groups is 1. The van der Waals surface area contributed by atoms with Gasteiger partial charge in [0.2, 0.25) is 0 Å². The Kier molecular flexibility index (Phi) is 6.53. The normalized spacial score (nSPS) is 10.6. The third-order valence-electron chi connectivity index (χ3n) is 3.16. The maximum atomic E-state index is 12.5. The lowest BCUT2D eigenvalue weighted by Gasteiger charge is -2.12. The summed E-state index contributed by atoms with van der Waals surface area (Å²) in [5.74, 6) is 0.783. The van der Waals surface area contributed by atoms with Gasteiger partial charge in [-0.25, -0.2) is 0 Å². The van der Waals surface area contributed by atoms with E-state index in [1.807, 2.05) is 55.5 Å². The van der Waals surface area contributed by atoms with E-state index in [0.29, 0.717) is 18.4 Å². The van der Waals surface area contributed by atoms with E-state index in [-0.39, 0.29) is 5.91 Å². The summed E-state index contributed by atoms with van der Waals surface area (Å²) in [6, 6.07) is 15.5. The van der Waals surface area contributed by atoms with Gasteiger partial charge in [-0.3, -0.25) is 4.79 Å². The van der Waals surface area contributed by atoms with Crippen LogP contribution in [0.15, 0.2) is 53.4 Å². The summed E-state index contributed by atoms with van der Waals surface area (Å²) in [6.45, 7) is 7.32. The zero-order chi connectivity index (χ0) is 16.7. The van der Waals surface area contributed by atoms with Crippen molar-refractivity contribution in [3.05, 3.63) is 59.7 Å². The summed E-state index contributed by atoms with van der Waals surface area (Å²) >= 11 is 1.70. The predicted molar refractivity (Wildman–Crippen MR) is 96.2 cm³/mol. The van der Waals surface area contributed by atoms with E-state index in [2.05, 4.69) is 19.2 Å². The Hall–Kier alpha value is -1.94. The van der Waals surface area contributed by atoms with Gasteiger partial charge in [0.1, 0.15) is 5.75 Å². The Balaban J connectivity index is 2.04. The lowest BCUT2D eigenvalue weighted by Crippen LogP contribution is -2.23. The molecule has 2 rings (SSSR count). The fraction of sp³-hybridized carbons (Fsp3) is 0.316. The predicted octanol–water partition coefficient (Wildman–Crippen LogP) is 4.52. The molecule has 23 heavy (non-hydrogen) atoms. The van der Waals surface area contributed by atoms with Gasteiger partial charge in [-0.15, -0.1) is 11.8 Å². The number of benzene rings is 2. The number of nitrogens with one attached hydrogen (secondary N) is 1. The van der Waals surface area contributed by atoms with Gasteiger partial charge in [-0.1, -0.05) is 38.1 Å². The van der Waals surface area contributed by atoms with Crippen LogP contribution in [-0.2, 0) is 6.54 Å². The van der Waals surface area contributed by atoms with Gasteiger partial charge in [0.15, 0.2) is 0 Å². The Morgan fingerprint density at radius 1 is 1.17 bits per heavy atom. The lowest BCUT2D eigenvalue weighted by molar-refractivity contribution is 0.0948. The number of hydrogen-bond donors (Lipinski definition) is 1. The topological polar surface area (TPSA) is 38.3 Å². The first kappa shape index (κ1) is 17.4. The van der Waals surface area contributed by atoms with E-state index >= 15 is 0 Å². The van der Waals surface area contributed by atoms with Gasteiger partial charge in [0, 0.05) is 16.7 Å². The van der Waals surface area contributed by atoms with E-state index in [1.54, 1.807) is 11.8 Å². The van der Waals surface area contributed by atoms with Crippen LogP contribution < -0.4 is 10.1 Å². The lowest BCUT2D eigenvalue weighted by atomic mass is 10.2. The minimum absolute atomic E-state index is 0.0458.